The van der Waals surface area contributed by atoms with Crippen LogP contribution in [0.3, 0.4) is 0 Å². The van der Waals surface area contributed by atoms with Crippen LogP contribution in [-0.4, -0.2) is 23.3 Å². The molecule has 0 aromatic heterocycles. The first-order valence-electron chi connectivity index (χ1n) is 4.26. The highest BCUT2D eigenvalue weighted by Crippen LogP contribution is 2.11. The molecule has 0 bridgehead atoms. The number of aliphatic hydroxyl groups is 1. The molecule has 3 nitrogen and oxygen atoms in total. The second-order valence-electron chi connectivity index (χ2n) is 3.19. The lowest BCUT2D eigenvalue weighted by Crippen LogP contribution is -2.16. The molecule has 0 aliphatic heterocycles. The zero-order chi connectivity index (χ0) is 9.56. The van der Waals surface area contributed by atoms with Crippen molar-refractivity contribution in [3.05, 3.63) is 0 Å². The van der Waals surface area contributed by atoms with Crippen LogP contribution in [0.25, 0.3) is 0 Å². The van der Waals surface area contributed by atoms with Gasteiger partial charge in [0.05, 0.1) is 6.10 Å². The van der Waals surface area contributed by atoms with Crippen molar-refractivity contribution in [2.75, 3.05) is 0 Å². The van der Waals surface area contributed by atoms with E-state index < -0.39 is 11.9 Å². The maximum absolute atomic E-state index is 10.6. The van der Waals surface area contributed by atoms with Crippen LogP contribution in [0.2, 0.25) is 0 Å². The number of aliphatic hydroxyl groups excluding tert-OH is 1. The summed E-state index contributed by atoms with van der Waals surface area (Å²) in [7, 11) is 0. The number of carbonyl (C=O) groups is 2. The highest BCUT2D eigenvalue weighted by molar-refractivity contribution is 6.25. The fourth-order valence-corrected chi connectivity index (χ4v) is 0.995. The van der Waals surface area contributed by atoms with Gasteiger partial charge in [0.1, 0.15) is 0 Å². The zero-order valence-corrected chi connectivity index (χ0v) is 7.62. The maximum Gasteiger partial charge on any atom is 0.197 e. The van der Waals surface area contributed by atoms with E-state index in [1.165, 1.54) is 0 Å². The number of hydrogen-bond donors (Lipinski definition) is 1. The van der Waals surface area contributed by atoms with Crippen molar-refractivity contribution < 1.29 is 14.7 Å². The Morgan fingerprint density at radius 2 is 2.17 bits per heavy atom. The molecular weight excluding hydrogens is 156 g/mol. The van der Waals surface area contributed by atoms with E-state index in [9.17, 15) is 14.7 Å². The lowest BCUT2D eigenvalue weighted by molar-refractivity contribution is -0.131. The summed E-state index contributed by atoms with van der Waals surface area (Å²) in [6, 6.07) is 0. The topological polar surface area (TPSA) is 54.4 Å². The summed E-state index contributed by atoms with van der Waals surface area (Å²) in [6.45, 7) is 4.04. The second-order valence-corrected chi connectivity index (χ2v) is 3.19. The third-order valence-electron chi connectivity index (χ3n) is 1.94. The molecular formula is C9H16O3. The minimum atomic E-state index is -0.655. The molecule has 0 spiro atoms. The Balaban J connectivity index is 3.65. The van der Waals surface area contributed by atoms with Crippen molar-refractivity contribution >= 4 is 12.1 Å². The molecule has 3 heteroatoms. The Morgan fingerprint density at radius 3 is 2.58 bits per heavy atom. The van der Waals surface area contributed by atoms with E-state index in [0.29, 0.717) is 12.3 Å². The second kappa shape index (κ2) is 5.89. The van der Waals surface area contributed by atoms with E-state index in [1.807, 2.05) is 13.8 Å². The number of ketones is 1. The molecule has 0 saturated carbocycles. The highest BCUT2D eigenvalue weighted by atomic mass is 16.3. The molecule has 70 valence electrons. The van der Waals surface area contributed by atoms with E-state index in [-0.39, 0.29) is 12.7 Å². The summed E-state index contributed by atoms with van der Waals surface area (Å²) in [5.74, 6) is -0.120. The first-order chi connectivity index (χ1) is 5.60. The van der Waals surface area contributed by atoms with E-state index in [1.54, 1.807) is 0 Å². The van der Waals surface area contributed by atoms with E-state index in [4.69, 9.17) is 0 Å². The molecule has 0 amide bonds. The van der Waals surface area contributed by atoms with Crippen molar-refractivity contribution in [2.45, 2.75) is 39.2 Å². The Labute approximate surface area is 72.8 Å². The molecule has 0 heterocycles. The molecule has 0 aliphatic rings. The lowest BCUT2D eigenvalue weighted by Gasteiger charge is -2.12. The van der Waals surface area contributed by atoms with Gasteiger partial charge in [0.25, 0.3) is 0 Å². The lowest BCUT2D eigenvalue weighted by atomic mass is 9.98. The monoisotopic (exact) mass is 172 g/mol. The fourth-order valence-electron chi connectivity index (χ4n) is 0.995. The van der Waals surface area contributed by atoms with Crippen molar-refractivity contribution in [3.63, 3.8) is 0 Å². The van der Waals surface area contributed by atoms with Crippen LogP contribution in [-0.2, 0) is 9.59 Å². The number of Topliss-reactive ketones (excluding diaryl/α,β-unsaturated/α-hetero) is 1. The maximum atomic E-state index is 10.6. The number of rotatable bonds is 6. The summed E-state index contributed by atoms with van der Waals surface area (Å²) in [5.41, 5.74) is 0. The van der Waals surface area contributed by atoms with Gasteiger partial charge in [-0.05, 0) is 12.3 Å². The van der Waals surface area contributed by atoms with E-state index in [0.717, 1.165) is 6.42 Å². The van der Waals surface area contributed by atoms with Gasteiger partial charge in [-0.2, -0.15) is 0 Å². The first-order valence-corrected chi connectivity index (χ1v) is 4.26. The molecule has 0 aromatic rings. The van der Waals surface area contributed by atoms with Crippen LogP contribution < -0.4 is 0 Å². The van der Waals surface area contributed by atoms with Crippen LogP contribution in [0.4, 0.5) is 0 Å². The normalized spacial score (nSPS) is 15.2. The molecule has 0 aromatic carbocycles. The van der Waals surface area contributed by atoms with Crippen LogP contribution in [0.1, 0.15) is 33.1 Å². The molecule has 2 unspecified atom stereocenters. The highest BCUT2D eigenvalue weighted by Gasteiger charge is 2.12. The molecule has 12 heavy (non-hydrogen) atoms. The zero-order valence-electron chi connectivity index (χ0n) is 7.62. The SMILES string of the molecule is CCC(C)CC(O)CC(=O)C=O. The Kier molecular flexibility index (Phi) is 5.54. The Morgan fingerprint density at radius 1 is 1.58 bits per heavy atom. The smallest absolute Gasteiger partial charge is 0.197 e. The van der Waals surface area contributed by atoms with Crippen LogP contribution in [0.5, 0.6) is 0 Å². The van der Waals surface area contributed by atoms with Gasteiger partial charge in [-0.15, -0.1) is 0 Å². The van der Waals surface area contributed by atoms with Crippen molar-refractivity contribution in [1.82, 2.24) is 0 Å². The third-order valence-corrected chi connectivity index (χ3v) is 1.94. The minimum absolute atomic E-state index is 0.0339. The molecule has 1 N–H and O–H groups in total. The quantitative estimate of drug-likeness (QED) is 0.479. The molecule has 0 rings (SSSR count). The predicted molar refractivity (Wildman–Crippen MR) is 45.8 cm³/mol. The van der Waals surface area contributed by atoms with Crippen LogP contribution in [0.15, 0.2) is 0 Å². The van der Waals surface area contributed by atoms with Gasteiger partial charge >= 0.3 is 0 Å². The number of aldehydes is 1. The van der Waals surface area contributed by atoms with Gasteiger partial charge in [-0.25, -0.2) is 0 Å². The van der Waals surface area contributed by atoms with E-state index in [2.05, 4.69) is 0 Å². The largest absolute Gasteiger partial charge is 0.393 e. The molecule has 0 aliphatic carbocycles. The fraction of sp³-hybridized carbons (Fsp3) is 0.778. The van der Waals surface area contributed by atoms with Gasteiger partial charge in [0, 0.05) is 6.42 Å². The summed E-state index contributed by atoms with van der Waals surface area (Å²) >= 11 is 0. The summed E-state index contributed by atoms with van der Waals surface area (Å²) in [4.78, 5) is 20.5. The molecule has 0 radical (unpaired) electrons. The molecule has 0 saturated heterocycles. The van der Waals surface area contributed by atoms with E-state index >= 15 is 0 Å². The number of carbonyl (C=O) groups excluding carboxylic acids is 2. The van der Waals surface area contributed by atoms with Gasteiger partial charge in [0.2, 0.25) is 0 Å². The Hall–Kier alpha value is -0.700. The first kappa shape index (κ1) is 11.3. The van der Waals surface area contributed by atoms with Crippen LogP contribution in [0, 0.1) is 5.92 Å². The molecule has 2 atom stereocenters. The minimum Gasteiger partial charge on any atom is -0.393 e. The van der Waals surface area contributed by atoms with Crippen LogP contribution >= 0.6 is 0 Å². The third kappa shape index (κ3) is 5.02. The van der Waals surface area contributed by atoms with Crippen molar-refractivity contribution in [2.24, 2.45) is 5.92 Å². The predicted octanol–water partition coefficient (Wildman–Crippen LogP) is 0.942. The average molecular weight is 172 g/mol. The van der Waals surface area contributed by atoms with Crippen molar-refractivity contribution in [3.8, 4) is 0 Å². The average Bonchev–Trinajstić information content (AvgIpc) is 2.03. The summed E-state index contributed by atoms with van der Waals surface area (Å²) < 4.78 is 0. The standard InChI is InChI=1S/C9H16O3/c1-3-7(2)4-8(11)5-9(12)6-10/h6-8,11H,3-5H2,1-2H3. The molecule has 0 fully saturated rings. The van der Waals surface area contributed by atoms with Gasteiger partial charge < -0.3 is 5.11 Å². The van der Waals surface area contributed by atoms with Crippen molar-refractivity contribution in [1.29, 1.82) is 0 Å². The Bertz CT molecular complexity index is 154. The summed E-state index contributed by atoms with van der Waals surface area (Å²) in [6.07, 6.45) is 1.15. The van der Waals surface area contributed by atoms with Gasteiger partial charge in [0.15, 0.2) is 12.1 Å². The number of hydrogen-bond acceptors (Lipinski definition) is 3. The van der Waals surface area contributed by atoms with Gasteiger partial charge in [-0.3, -0.25) is 9.59 Å². The van der Waals surface area contributed by atoms with Gasteiger partial charge in [-0.1, -0.05) is 20.3 Å². The summed E-state index contributed by atoms with van der Waals surface area (Å²) in [5, 5.41) is 9.27.